The number of hydroxylamine groups is 1. The number of carbonyl (C=O) groups is 3. The number of aliphatic hydroxyl groups excluding tert-OH is 2. The van der Waals surface area contributed by atoms with E-state index < -0.39 is 106 Å². The lowest BCUT2D eigenvalue weighted by molar-refractivity contribution is -0.254. The van der Waals surface area contributed by atoms with Gasteiger partial charge >= 0.3 is 10.1 Å². The Hall–Kier alpha value is -4.78. The maximum absolute atomic E-state index is 13.9. The fourth-order valence-corrected chi connectivity index (χ4v) is 8.18. The van der Waals surface area contributed by atoms with Crippen molar-refractivity contribution in [3.8, 4) is 17.2 Å². The number of hydrogen-bond donors (Lipinski definition) is 6. The van der Waals surface area contributed by atoms with Gasteiger partial charge in [0.05, 0.1) is 53.0 Å². The highest BCUT2D eigenvalue weighted by Crippen LogP contribution is 2.52. The third kappa shape index (κ3) is 6.16. The molecule has 1 heterocycles. The predicted octanol–water partition coefficient (Wildman–Crippen LogP) is 2.11. The number of Topliss-reactive ketones (excluding diaryl/α,β-unsaturated/α-hetero) is 1. The molecule has 4 aromatic carbocycles. The maximum Gasteiger partial charge on any atom is 0.312 e. The number of hydrogen-bond acceptors (Lipinski definition) is 15. The first-order valence-electron chi connectivity index (χ1n) is 16.6. The molecule has 1 saturated heterocycles. The normalized spacial score (nSPS) is 25.4. The highest BCUT2D eigenvalue weighted by Gasteiger charge is 2.50. The van der Waals surface area contributed by atoms with Crippen molar-refractivity contribution in [3.05, 3.63) is 94.0 Å². The standard InChI is InChI=1S/C37H35NO14S/c1-17-32(41)23(38-52-53(47,48)20-11-10-18-6-3-4-7-19(18)12-20)13-27(50-17)51-25-15-37(46,26(40)16-39)14-22-29(25)36(45)31-30(34(22)43)33(42)21-8-5-9-24(49-2)28(21)35(31)44/h3-12,17,23,25,27,32,38-39,41,43,45-46H,13-16H2,1-2H3/t17?,23?,25-,27?,32?,37-/m0/s1. The number of aliphatic hydroxyl groups is 3. The molecule has 0 spiro atoms. The van der Waals surface area contributed by atoms with Crippen molar-refractivity contribution in [2.45, 2.75) is 67.3 Å². The molecule has 278 valence electrons. The number of carbonyl (C=O) groups excluding carboxylic acids is 3. The van der Waals surface area contributed by atoms with Gasteiger partial charge in [0.15, 0.2) is 17.9 Å². The minimum Gasteiger partial charge on any atom is -0.507 e. The highest BCUT2D eigenvalue weighted by atomic mass is 32.2. The summed E-state index contributed by atoms with van der Waals surface area (Å²) >= 11 is 0. The molecule has 16 heteroatoms. The summed E-state index contributed by atoms with van der Waals surface area (Å²) in [4.78, 5) is 40.4. The molecule has 0 bridgehead atoms. The first-order chi connectivity index (χ1) is 25.2. The summed E-state index contributed by atoms with van der Waals surface area (Å²) in [6.07, 6.45) is -6.73. The average molecular weight is 750 g/mol. The van der Waals surface area contributed by atoms with Crippen LogP contribution in [0.4, 0.5) is 0 Å². The van der Waals surface area contributed by atoms with E-state index in [1.807, 2.05) is 12.1 Å². The predicted molar refractivity (Wildman–Crippen MR) is 183 cm³/mol. The van der Waals surface area contributed by atoms with Crippen LogP contribution in [0.5, 0.6) is 17.2 Å². The third-order valence-corrected chi connectivity index (χ3v) is 11.2. The van der Waals surface area contributed by atoms with Gasteiger partial charge in [-0.2, -0.15) is 18.2 Å². The lowest BCUT2D eigenvalue weighted by Crippen LogP contribution is -2.55. The quantitative estimate of drug-likeness (QED) is 0.0935. The summed E-state index contributed by atoms with van der Waals surface area (Å²) in [5, 5.41) is 56.9. The Morgan fingerprint density at radius 3 is 2.42 bits per heavy atom. The van der Waals surface area contributed by atoms with Crippen LogP contribution in [-0.4, -0.2) is 95.2 Å². The van der Waals surface area contributed by atoms with Crippen molar-refractivity contribution in [2.24, 2.45) is 0 Å². The molecule has 1 fully saturated rings. The van der Waals surface area contributed by atoms with Crippen molar-refractivity contribution in [1.29, 1.82) is 0 Å². The molecule has 4 aromatic rings. The second-order valence-electron chi connectivity index (χ2n) is 13.3. The molecule has 6 atom stereocenters. The van der Waals surface area contributed by atoms with Crippen molar-refractivity contribution >= 4 is 38.2 Å². The van der Waals surface area contributed by atoms with E-state index >= 15 is 0 Å². The van der Waals surface area contributed by atoms with E-state index in [4.69, 9.17) is 18.5 Å². The number of aromatic hydroxyl groups is 2. The zero-order valence-electron chi connectivity index (χ0n) is 28.3. The van der Waals surface area contributed by atoms with Crippen LogP contribution in [-0.2, 0) is 35.1 Å². The minimum atomic E-state index is -4.39. The molecule has 6 N–H and O–H groups in total. The molecular weight excluding hydrogens is 714 g/mol. The van der Waals surface area contributed by atoms with Crippen molar-refractivity contribution in [2.75, 3.05) is 13.7 Å². The maximum atomic E-state index is 13.9. The Labute approximate surface area is 302 Å². The smallest absolute Gasteiger partial charge is 0.312 e. The lowest BCUT2D eigenvalue weighted by Gasteiger charge is -2.42. The van der Waals surface area contributed by atoms with Crippen LogP contribution in [0, 0.1) is 0 Å². The first kappa shape index (κ1) is 36.6. The van der Waals surface area contributed by atoms with Crippen molar-refractivity contribution < 1.29 is 66.8 Å². The lowest BCUT2D eigenvalue weighted by atomic mass is 9.72. The van der Waals surface area contributed by atoms with Gasteiger partial charge in [-0.05, 0) is 35.9 Å². The molecular formula is C37H35NO14S. The largest absolute Gasteiger partial charge is 0.507 e. The molecule has 0 aromatic heterocycles. The van der Waals surface area contributed by atoms with E-state index in [0.717, 1.165) is 5.39 Å². The highest BCUT2D eigenvalue weighted by molar-refractivity contribution is 7.86. The van der Waals surface area contributed by atoms with Crippen LogP contribution >= 0.6 is 0 Å². The summed E-state index contributed by atoms with van der Waals surface area (Å²) < 4.78 is 48.8. The Balaban J connectivity index is 1.22. The van der Waals surface area contributed by atoms with Gasteiger partial charge in [0, 0.05) is 36.0 Å². The molecule has 15 nitrogen and oxygen atoms in total. The van der Waals surface area contributed by atoms with Crippen LogP contribution < -0.4 is 10.2 Å². The second kappa shape index (κ2) is 13.6. The molecule has 1 aliphatic heterocycles. The summed E-state index contributed by atoms with van der Waals surface area (Å²) in [5.74, 6) is -4.20. The Kier molecular flexibility index (Phi) is 9.36. The number of ether oxygens (including phenoxy) is 3. The summed E-state index contributed by atoms with van der Waals surface area (Å²) in [6, 6.07) is 14.7. The Bertz CT molecular complexity index is 2290. The molecule has 0 amide bonds. The Morgan fingerprint density at radius 2 is 1.70 bits per heavy atom. The molecule has 3 aliphatic rings. The summed E-state index contributed by atoms with van der Waals surface area (Å²) in [6.45, 7) is 0.376. The summed E-state index contributed by atoms with van der Waals surface area (Å²) in [7, 11) is -3.09. The van der Waals surface area contributed by atoms with Gasteiger partial charge in [0.1, 0.15) is 29.5 Å². The molecule has 0 radical (unpaired) electrons. The fraction of sp³-hybridized carbons (Fsp3) is 0.324. The van der Waals surface area contributed by atoms with Gasteiger partial charge in [-0.1, -0.05) is 42.5 Å². The fourth-order valence-electron chi connectivity index (χ4n) is 7.33. The third-order valence-electron chi connectivity index (χ3n) is 10.1. The topological polar surface area (TPSA) is 235 Å². The summed E-state index contributed by atoms with van der Waals surface area (Å²) in [5.41, 5.74) is -1.83. The van der Waals surface area contributed by atoms with E-state index in [2.05, 4.69) is 5.48 Å². The number of methoxy groups -OCH3 is 1. The zero-order valence-corrected chi connectivity index (χ0v) is 29.1. The minimum absolute atomic E-state index is 0.0466. The van der Waals surface area contributed by atoms with Gasteiger partial charge in [0.2, 0.25) is 5.78 Å². The second-order valence-corrected chi connectivity index (χ2v) is 14.8. The number of benzene rings is 4. The van der Waals surface area contributed by atoms with E-state index in [1.54, 1.807) is 18.2 Å². The van der Waals surface area contributed by atoms with Gasteiger partial charge < -0.3 is 39.7 Å². The van der Waals surface area contributed by atoms with E-state index in [9.17, 15) is 48.3 Å². The molecule has 0 saturated carbocycles. The van der Waals surface area contributed by atoms with Crippen LogP contribution in [0.3, 0.4) is 0 Å². The van der Waals surface area contributed by atoms with Crippen molar-refractivity contribution in [1.82, 2.24) is 5.48 Å². The number of phenols is 2. The van der Waals surface area contributed by atoms with Crippen LogP contribution in [0.15, 0.2) is 65.6 Å². The molecule has 53 heavy (non-hydrogen) atoms. The van der Waals surface area contributed by atoms with Crippen LogP contribution in [0.1, 0.15) is 68.8 Å². The van der Waals surface area contributed by atoms with Gasteiger partial charge in [-0.15, -0.1) is 0 Å². The van der Waals surface area contributed by atoms with Gasteiger partial charge in [0.25, 0.3) is 0 Å². The number of nitrogens with one attached hydrogen (secondary N) is 1. The van der Waals surface area contributed by atoms with E-state index in [-0.39, 0.29) is 39.3 Å². The molecule has 2 aliphatic carbocycles. The van der Waals surface area contributed by atoms with Crippen molar-refractivity contribution in [3.63, 3.8) is 0 Å². The van der Waals surface area contributed by atoms with E-state index in [0.29, 0.717) is 5.39 Å². The first-order valence-corrected chi connectivity index (χ1v) is 18.0. The Morgan fingerprint density at radius 1 is 0.981 bits per heavy atom. The van der Waals surface area contributed by atoms with Gasteiger partial charge in [-0.3, -0.25) is 14.4 Å². The van der Waals surface area contributed by atoms with E-state index in [1.165, 1.54) is 44.4 Å². The van der Waals surface area contributed by atoms with Crippen LogP contribution in [0.25, 0.3) is 10.8 Å². The number of ketones is 3. The molecule has 7 rings (SSSR count). The number of fused-ring (bicyclic) bond motifs is 4. The number of rotatable bonds is 9. The SMILES string of the molecule is COc1cccc2c1C(=O)c1c(O)c3c(c(O)c1C2=O)C[C@@](O)(C(=O)CO)C[C@@H]3OC1CC(NOS(=O)(=O)c2ccc3ccccc3c2)C(O)C(C)O1. The number of phenolic OH excluding ortho intramolecular Hbond substituents is 2. The molecule has 4 unspecified atom stereocenters. The monoisotopic (exact) mass is 749 g/mol. The average Bonchev–Trinajstić information content (AvgIpc) is 3.14. The van der Waals surface area contributed by atoms with Crippen LogP contribution in [0.2, 0.25) is 0 Å². The van der Waals surface area contributed by atoms with Gasteiger partial charge in [-0.25, -0.2) is 0 Å². The zero-order chi connectivity index (χ0) is 38.0.